The van der Waals surface area contributed by atoms with Gasteiger partial charge in [0.25, 0.3) is 0 Å². The minimum absolute atomic E-state index is 0.108. The van der Waals surface area contributed by atoms with Crippen molar-refractivity contribution in [2.75, 3.05) is 31.2 Å². The summed E-state index contributed by atoms with van der Waals surface area (Å²) in [4.78, 5) is 0. The van der Waals surface area contributed by atoms with Crippen molar-refractivity contribution < 1.29 is 13.5 Å². The molecule has 0 amide bonds. The molecular weight excluding hydrogens is 238 g/mol. The van der Waals surface area contributed by atoms with Crippen LogP contribution < -0.4 is 5.32 Å². The van der Waals surface area contributed by atoms with Crippen LogP contribution in [-0.2, 0) is 9.84 Å². The fraction of sp³-hybridized carbons (Fsp3) is 1.00. The van der Waals surface area contributed by atoms with E-state index < -0.39 is 9.84 Å². The third kappa shape index (κ3) is 9.56. The van der Waals surface area contributed by atoms with Crippen molar-refractivity contribution in [3.05, 3.63) is 0 Å². The van der Waals surface area contributed by atoms with E-state index in [-0.39, 0.29) is 23.5 Å². The number of hydrogen-bond acceptors (Lipinski definition) is 4. The van der Waals surface area contributed by atoms with Gasteiger partial charge in [0, 0.05) is 25.4 Å². The van der Waals surface area contributed by atoms with Crippen LogP contribution in [0.15, 0.2) is 0 Å². The van der Waals surface area contributed by atoms with Gasteiger partial charge < -0.3 is 10.4 Å². The molecule has 0 unspecified atom stereocenters. The monoisotopic (exact) mass is 265 g/mol. The molecule has 0 radical (unpaired) electrons. The molecule has 17 heavy (non-hydrogen) atoms. The largest absolute Gasteiger partial charge is 0.396 e. The molecule has 4 nitrogen and oxygen atoms in total. The minimum Gasteiger partial charge on any atom is -0.396 e. The lowest BCUT2D eigenvalue weighted by atomic mass is 9.88. The maximum atomic E-state index is 11.5. The number of nitrogens with one attached hydrogen (secondary N) is 1. The highest BCUT2D eigenvalue weighted by molar-refractivity contribution is 7.91. The first-order valence-corrected chi connectivity index (χ1v) is 8.17. The molecule has 0 aromatic rings. The van der Waals surface area contributed by atoms with Gasteiger partial charge in [-0.2, -0.15) is 0 Å². The van der Waals surface area contributed by atoms with E-state index >= 15 is 0 Å². The van der Waals surface area contributed by atoms with E-state index in [0.717, 1.165) is 19.4 Å². The quantitative estimate of drug-likeness (QED) is 0.583. The zero-order valence-corrected chi connectivity index (χ0v) is 12.1. The Bertz CT molecular complexity index is 286. The predicted octanol–water partition coefficient (Wildman–Crippen LogP) is 1.20. The van der Waals surface area contributed by atoms with Gasteiger partial charge in [-0.3, -0.25) is 0 Å². The molecule has 0 aliphatic carbocycles. The molecule has 104 valence electrons. The van der Waals surface area contributed by atoms with Crippen LogP contribution in [0.3, 0.4) is 0 Å². The molecule has 5 heteroatoms. The van der Waals surface area contributed by atoms with Crippen LogP contribution in [0.25, 0.3) is 0 Å². The van der Waals surface area contributed by atoms with Crippen molar-refractivity contribution in [2.45, 2.75) is 40.0 Å². The lowest BCUT2D eigenvalue weighted by molar-refractivity contribution is 0.237. The summed E-state index contributed by atoms with van der Waals surface area (Å²) in [6.07, 6.45) is 2.42. The molecule has 0 saturated carbocycles. The van der Waals surface area contributed by atoms with Crippen LogP contribution in [0.2, 0.25) is 0 Å². The summed E-state index contributed by atoms with van der Waals surface area (Å²) in [5, 5.41) is 12.0. The molecule has 0 heterocycles. The summed E-state index contributed by atoms with van der Waals surface area (Å²) < 4.78 is 22.9. The molecule has 0 fully saturated rings. The first-order valence-electron chi connectivity index (χ1n) is 6.35. The Labute approximate surface area is 106 Å². The molecule has 2 N–H and O–H groups in total. The zero-order valence-electron chi connectivity index (χ0n) is 11.3. The van der Waals surface area contributed by atoms with Crippen LogP contribution in [0.4, 0.5) is 0 Å². The highest BCUT2D eigenvalue weighted by Gasteiger charge is 2.17. The van der Waals surface area contributed by atoms with Gasteiger partial charge in [0.05, 0.1) is 5.75 Å². The van der Waals surface area contributed by atoms with Gasteiger partial charge in [0.15, 0.2) is 9.84 Å². The Kier molecular flexibility index (Phi) is 8.00. The topological polar surface area (TPSA) is 66.4 Å². The Balaban J connectivity index is 3.77. The molecule has 0 atom stereocenters. The SMILES string of the molecule is CCCS(=O)(=O)CCNCC(C)(C)CCCO. The second-order valence-electron chi connectivity index (χ2n) is 5.32. The summed E-state index contributed by atoms with van der Waals surface area (Å²) in [6.45, 7) is 7.64. The summed E-state index contributed by atoms with van der Waals surface area (Å²) in [7, 11) is -2.87. The van der Waals surface area contributed by atoms with Crippen molar-refractivity contribution in [3.63, 3.8) is 0 Å². The highest BCUT2D eigenvalue weighted by Crippen LogP contribution is 2.20. The average Bonchev–Trinajstić information content (AvgIpc) is 2.22. The van der Waals surface area contributed by atoms with Crippen molar-refractivity contribution >= 4 is 9.84 Å². The summed E-state index contributed by atoms with van der Waals surface area (Å²) in [5.41, 5.74) is 0.108. The molecule has 0 bridgehead atoms. The number of rotatable bonds is 10. The fourth-order valence-electron chi connectivity index (χ4n) is 1.71. The molecule has 0 rings (SSSR count). The molecule has 0 saturated heterocycles. The molecule has 0 aliphatic rings. The van der Waals surface area contributed by atoms with E-state index in [1.165, 1.54) is 0 Å². The van der Waals surface area contributed by atoms with Gasteiger partial charge in [0.2, 0.25) is 0 Å². The summed E-state index contributed by atoms with van der Waals surface area (Å²) >= 11 is 0. The van der Waals surface area contributed by atoms with Gasteiger partial charge in [-0.25, -0.2) is 8.42 Å². The molecule has 0 aliphatic heterocycles. The van der Waals surface area contributed by atoms with Crippen LogP contribution in [-0.4, -0.2) is 44.7 Å². The Morgan fingerprint density at radius 3 is 2.41 bits per heavy atom. The zero-order chi connectivity index (χ0) is 13.4. The van der Waals surface area contributed by atoms with E-state index in [9.17, 15) is 8.42 Å². The van der Waals surface area contributed by atoms with Crippen molar-refractivity contribution in [2.24, 2.45) is 5.41 Å². The van der Waals surface area contributed by atoms with Crippen molar-refractivity contribution in [3.8, 4) is 0 Å². The van der Waals surface area contributed by atoms with Crippen molar-refractivity contribution in [1.29, 1.82) is 0 Å². The molecule has 0 aromatic heterocycles. The Morgan fingerprint density at radius 2 is 1.88 bits per heavy atom. The maximum absolute atomic E-state index is 11.5. The lowest BCUT2D eigenvalue weighted by Crippen LogP contribution is -2.33. The van der Waals surface area contributed by atoms with Crippen LogP contribution >= 0.6 is 0 Å². The van der Waals surface area contributed by atoms with Gasteiger partial charge in [-0.05, 0) is 24.7 Å². The summed E-state index contributed by atoms with van der Waals surface area (Å²) in [5.74, 6) is 0.500. The smallest absolute Gasteiger partial charge is 0.151 e. The first kappa shape index (κ1) is 16.9. The number of sulfone groups is 1. The third-order valence-electron chi connectivity index (χ3n) is 2.72. The van der Waals surface area contributed by atoms with E-state index in [1.807, 2.05) is 6.92 Å². The second-order valence-corrected chi connectivity index (χ2v) is 7.62. The van der Waals surface area contributed by atoms with E-state index in [4.69, 9.17) is 5.11 Å². The highest BCUT2D eigenvalue weighted by atomic mass is 32.2. The van der Waals surface area contributed by atoms with E-state index in [2.05, 4.69) is 19.2 Å². The number of hydrogen-bond donors (Lipinski definition) is 2. The Morgan fingerprint density at radius 1 is 1.24 bits per heavy atom. The fourth-order valence-corrected chi connectivity index (χ4v) is 2.99. The van der Waals surface area contributed by atoms with Crippen LogP contribution in [0, 0.1) is 5.41 Å². The molecule has 0 spiro atoms. The van der Waals surface area contributed by atoms with E-state index in [0.29, 0.717) is 13.0 Å². The number of aliphatic hydroxyl groups excluding tert-OH is 1. The van der Waals surface area contributed by atoms with Gasteiger partial charge in [-0.15, -0.1) is 0 Å². The average molecular weight is 265 g/mol. The van der Waals surface area contributed by atoms with Crippen molar-refractivity contribution in [1.82, 2.24) is 5.32 Å². The maximum Gasteiger partial charge on any atom is 0.151 e. The van der Waals surface area contributed by atoms with Crippen LogP contribution in [0.5, 0.6) is 0 Å². The normalized spacial score (nSPS) is 12.9. The lowest BCUT2D eigenvalue weighted by Gasteiger charge is -2.24. The molecule has 0 aromatic carbocycles. The van der Waals surface area contributed by atoms with Gasteiger partial charge in [0.1, 0.15) is 0 Å². The van der Waals surface area contributed by atoms with Gasteiger partial charge >= 0.3 is 0 Å². The summed E-state index contributed by atoms with van der Waals surface area (Å²) in [6, 6.07) is 0. The minimum atomic E-state index is -2.87. The number of aliphatic hydroxyl groups is 1. The first-order chi connectivity index (χ1) is 7.83. The third-order valence-corrected chi connectivity index (χ3v) is 4.58. The van der Waals surface area contributed by atoms with Gasteiger partial charge in [-0.1, -0.05) is 20.8 Å². The molecular formula is C12H27NO3S. The predicted molar refractivity (Wildman–Crippen MR) is 71.9 cm³/mol. The standard InChI is InChI=1S/C12H27NO3S/c1-4-9-17(15,16)10-7-13-11-12(2,3)6-5-8-14/h13-14H,4-11H2,1-3H3. The second kappa shape index (κ2) is 8.06. The van der Waals surface area contributed by atoms with Crippen LogP contribution in [0.1, 0.15) is 40.0 Å². The van der Waals surface area contributed by atoms with E-state index in [1.54, 1.807) is 0 Å². The Hall–Kier alpha value is -0.130.